The van der Waals surface area contributed by atoms with E-state index in [2.05, 4.69) is 0 Å². The Labute approximate surface area is 124 Å². The summed E-state index contributed by atoms with van der Waals surface area (Å²) in [6, 6.07) is 9.10. The van der Waals surface area contributed by atoms with E-state index in [-0.39, 0.29) is 5.92 Å². The molecule has 5 heteroatoms. The third kappa shape index (κ3) is 4.55. The van der Waals surface area contributed by atoms with Crippen molar-refractivity contribution in [2.24, 2.45) is 11.8 Å². The van der Waals surface area contributed by atoms with Gasteiger partial charge in [0, 0.05) is 5.92 Å². The van der Waals surface area contributed by atoms with Crippen LogP contribution < -0.4 is 0 Å². The Kier molecular flexibility index (Phi) is 5.72. The number of hydrogen-bond donors (Lipinski definition) is 0. The standard InChI is InChI=1S/C16H21NO4/c18-12-15(13-7-3-1-4-8-13)11-16(21-17(19)20)14-9-5-2-6-10-14/h2,5-6,9-10,12-13,15-16H,1,3-4,7-8,11H2/t15-,16-/m0/s1. The van der Waals surface area contributed by atoms with Crippen molar-refractivity contribution in [2.75, 3.05) is 0 Å². The van der Waals surface area contributed by atoms with Crippen molar-refractivity contribution in [1.82, 2.24) is 0 Å². The SMILES string of the molecule is O=C[C@H](C[C@H](O[N+](=O)[O-])c1ccccc1)C1CCCCC1. The van der Waals surface area contributed by atoms with Gasteiger partial charge in [0.05, 0.1) is 0 Å². The Balaban J connectivity index is 2.08. The summed E-state index contributed by atoms with van der Waals surface area (Å²) >= 11 is 0. The molecular weight excluding hydrogens is 270 g/mol. The first-order valence-electron chi connectivity index (χ1n) is 7.52. The average molecular weight is 291 g/mol. The normalized spacial score (nSPS) is 18.7. The zero-order valence-electron chi connectivity index (χ0n) is 12.0. The smallest absolute Gasteiger partial charge is 0.295 e. The van der Waals surface area contributed by atoms with Crippen LogP contribution in [0.4, 0.5) is 0 Å². The van der Waals surface area contributed by atoms with Gasteiger partial charge in [0.25, 0.3) is 5.09 Å². The van der Waals surface area contributed by atoms with Crippen LogP contribution in [-0.4, -0.2) is 11.4 Å². The highest BCUT2D eigenvalue weighted by atomic mass is 17.0. The number of rotatable bonds is 7. The van der Waals surface area contributed by atoms with E-state index < -0.39 is 11.2 Å². The van der Waals surface area contributed by atoms with Gasteiger partial charge in [-0.3, -0.25) is 0 Å². The van der Waals surface area contributed by atoms with E-state index in [0.717, 1.165) is 37.5 Å². The molecule has 0 N–H and O–H groups in total. The van der Waals surface area contributed by atoms with Crippen molar-refractivity contribution < 1.29 is 14.7 Å². The van der Waals surface area contributed by atoms with Gasteiger partial charge in [-0.05, 0) is 30.7 Å². The van der Waals surface area contributed by atoms with Gasteiger partial charge in [-0.15, -0.1) is 10.1 Å². The molecule has 1 aromatic rings. The molecule has 0 aromatic heterocycles. The van der Waals surface area contributed by atoms with Gasteiger partial charge < -0.3 is 9.63 Å². The Morgan fingerprint density at radius 1 is 1.24 bits per heavy atom. The highest BCUT2D eigenvalue weighted by Gasteiger charge is 2.28. The van der Waals surface area contributed by atoms with Crippen LogP contribution in [0.5, 0.6) is 0 Å². The molecule has 21 heavy (non-hydrogen) atoms. The maximum Gasteiger partial charge on any atom is 0.295 e. The Morgan fingerprint density at radius 2 is 1.90 bits per heavy atom. The molecule has 5 nitrogen and oxygen atoms in total. The monoisotopic (exact) mass is 291 g/mol. The summed E-state index contributed by atoms with van der Waals surface area (Å²) in [5.74, 6) is 0.160. The number of carbonyl (C=O) groups excluding carboxylic acids is 1. The average Bonchev–Trinajstić information content (AvgIpc) is 2.52. The molecule has 0 spiro atoms. The first-order valence-corrected chi connectivity index (χ1v) is 7.52. The van der Waals surface area contributed by atoms with Gasteiger partial charge in [0.1, 0.15) is 12.4 Å². The number of benzene rings is 1. The second-order valence-electron chi connectivity index (χ2n) is 5.66. The summed E-state index contributed by atoms with van der Waals surface area (Å²) in [6.45, 7) is 0. The van der Waals surface area contributed by atoms with Crippen LogP contribution in [0.1, 0.15) is 50.2 Å². The third-order valence-electron chi connectivity index (χ3n) is 4.30. The second-order valence-corrected chi connectivity index (χ2v) is 5.66. The van der Waals surface area contributed by atoms with Crippen LogP contribution in [0.2, 0.25) is 0 Å². The zero-order chi connectivity index (χ0) is 15.1. The van der Waals surface area contributed by atoms with Crippen LogP contribution in [0.15, 0.2) is 30.3 Å². The molecule has 0 radical (unpaired) electrons. The predicted octanol–water partition coefficient (Wildman–Crippen LogP) is 3.72. The summed E-state index contributed by atoms with van der Waals surface area (Å²) in [6.07, 6.45) is 6.22. The van der Waals surface area contributed by atoms with Crippen LogP contribution in [0.25, 0.3) is 0 Å². The quantitative estimate of drug-likeness (QED) is 0.436. The largest absolute Gasteiger partial charge is 0.306 e. The molecule has 0 saturated heterocycles. The fraction of sp³-hybridized carbons (Fsp3) is 0.562. The van der Waals surface area contributed by atoms with Gasteiger partial charge in [-0.25, -0.2) is 0 Å². The van der Waals surface area contributed by atoms with Crippen LogP contribution in [-0.2, 0) is 9.63 Å². The van der Waals surface area contributed by atoms with Crippen molar-refractivity contribution in [3.63, 3.8) is 0 Å². The van der Waals surface area contributed by atoms with Crippen molar-refractivity contribution in [1.29, 1.82) is 0 Å². The second kappa shape index (κ2) is 7.76. The molecule has 1 aliphatic rings. The van der Waals surface area contributed by atoms with E-state index in [0.29, 0.717) is 12.3 Å². The minimum absolute atomic E-state index is 0.171. The summed E-state index contributed by atoms with van der Waals surface area (Å²) in [4.78, 5) is 27.0. The van der Waals surface area contributed by atoms with E-state index in [4.69, 9.17) is 4.84 Å². The van der Waals surface area contributed by atoms with E-state index in [1.54, 1.807) is 12.1 Å². The lowest BCUT2D eigenvalue weighted by Gasteiger charge is -2.28. The van der Waals surface area contributed by atoms with Gasteiger partial charge in [0.2, 0.25) is 0 Å². The molecule has 1 aliphatic carbocycles. The molecule has 1 aromatic carbocycles. The van der Waals surface area contributed by atoms with Crippen LogP contribution in [0.3, 0.4) is 0 Å². The molecule has 0 aliphatic heterocycles. The number of carbonyl (C=O) groups is 1. The number of hydrogen-bond acceptors (Lipinski definition) is 4. The van der Waals surface area contributed by atoms with Crippen molar-refractivity contribution in [3.05, 3.63) is 46.0 Å². The van der Waals surface area contributed by atoms with Gasteiger partial charge >= 0.3 is 0 Å². The predicted molar refractivity (Wildman–Crippen MR) is 78.0 cm³/mol. The van der Waals surface area contributed by atoms with E-state index in [1.807, 2.05) is 18.2 Å². The van der Waals surface area contributed by atoms with Gasteiger partial charge in [-0.2, -0.15) is 0 Å². The number of aldehydes is 1. The molecule has 0 bridgehead atoms. The highest BCUT2D eigenvalue weighted by Crippen LogP contribution is 2.35. The first-order chi connectivity index (χ1) is 10.2. The summed E-state index contributed by atoms with van der Waals surface area (Å²) < 4.78 is 0. The molecular formula is C16H21NO4. The molecule has 1 fully saturated rings. The van der Waals surface area contributed by atoms with E-state index in [1.165, 1.54) is 6.42 Å². The molecule has 2 atom stereocenters. The first kappa shape index (κ1) is 15.5. The van der Waals surface area contributed by atoms with E-state index in [9.17, 15) is 14.9 Å². The van der Waals surface area contributed by atoms with Gasteiger partial charge in [0.15, 0.2) is 0 Å². The van der Waals surface area contributed by atoms with Crippen LogP contribution >= 0.6 is 0 Å². The molecule has 1 saturated carbocycles. The molecule has 0 unspecified atom stereocenters. The van der Waals surface area contributed by atoms with Crippen molar-refractivity contribution >= 4 is 6.29 Å². The Hall–Kier alpha value is -1.91. The maximum absolute atomic E-state index is 11.4. The summed E-state index contributed by atoms with van der Waals surface area (Å²) in [5, 5.41) is 9.96. The van der Waals surface area contributed by atoms with Crippen molar-refractivity contribution in [2.45, 2.75) is 44.6 Å². The molecule has 2 rings (SSSR count). The van der Waals surface area contributed by atoms with E-state index >= 15 is 0 Å². The Bertz CT molecular complexity index is 457. The zero-order valence-corrected chi connectivity index (χ0v) is 12.0. The molecule has 114 valence electrons. The third-order valence-corrected chi connectivity index (χ3v) is 4.30. The minimum atomic E-state index is -0.763. The Morgan fingerprint density at radius 3 is 2.48 bits per heavy atom. The highest BCUT2D eigenvalue weighted by molar-refractivity contribution is 5.54. The maximum atomic E-state index is 11.4. The topological polar surface area (TPSA) is 69.4 Å². The van der Waals surface area contributed by atoms with Gasteiger partial charge in [-0.1, -0.05) is 49.6 Å². The molecule has 0 amide bonds. The fourth-order valence-corrected chi connectivity index (χ4v) is 3.18. The minimum Gasteiger partial charge on any atom is -0.306 e. The lowest BCUT2D eigenvalue weighted by atomic mass is 9.78. The lowest BCUT2D eigenvalue weighted by molar-refractivity contribution is -0.771. The lowest BCUT2D eigenvalue weighted by Crippen LogP contribution is -2.23. The summed E-state index contributed by atoms with van der Waals surface area (Å²) in [7, 11) is 0. The number of nitrogens with zero attached hydrogens (tertiary/aromatic N) is 1. The fourth-order valence-electron chi connectivity index (χ4n) is 3.18. The van der Waals surface area contributed by atoms with Crippen molar-refractivity contribution in [3.8, 4) is 0 Å². The molecule has 0 heterocycles. The summed E-state index contributed by atoms with van der Waals surface area (Å²) in [5.41, 5.74) is 0.747. The van der Waals surface area contributed by atoms with Crippen LogP contribution in [0, 0.1) is 22.0 Å².